The van der Waals surface area contributed by atoms with Gasteiger partial charge in [-0.2, -0.15) is 9.40 Å². The van der Waals surface area contributed by atoms with Crippen molar-refractivity contribution in [3.8, 4) is 5.69 Å². The SMILES string of the molecule is O=C(Nc1c2c(nn1-c1ccc(F)cc1)C[S@](=O)C2)c1ccc(S(=O)(=O)N2CCCC2)cc1. The molecule has 0 spiro atoms. The number of nitrogens with zero attached hydrogens (tertiary/aromatic N) is 3. The molecule has 1 saturated heterocycles. The molecule has 0 saturated carbocycles. The third-order valence-corrected chi connectivity index (χ3v) is 8.91. The summed E-state index contributed by atoms with van der Waals surface area (Å²) in [5, 5.41) is 7.31. The molecule has 0 aliphatic carbocycles. The number of amides is 1. The van der Waals surface area contributed by atoms with Crippen molar-refractivity contribution in [2.24, 2.45) is 0 Å². The van der Waals surface area contributed by atoms with Crippen LogP contribution in [0.4, 0.5) is 10.2 Å². The number of carbonyl (C=O) groups excluding carboxylic acids is 1. The minimum absolute atomic E-state index is 0.147. The zero-order valence-electron chi connectivity index (χ0n) is 17.5. The molecule has 1 amide bonds. The lowest BCUT2D eigenvalue weighted by atomic mass is 10.2. The second-order valence-electron chi connectivity index (χ2n) is 7.98. The fourth-order valence-electron chi connectivity index (χ4n) is 4.06. The average Bonchev–Trinajstić information content (AvgIpc) is 3.53. The minimum atomic E-state index is -3.57. The molecule has 8 nitrogen and oxygen atoms in total. The number of anilines is 1. The molecule has 1 fully saturated rings. The van der Waals surface area contributed by atoms with Crippen LogP contribution in [0.2, 0.25) is 0 Å². The Morgan fingerprint density at radius 3 is 2.33 bits per heavy atom. The van der Waals surface area contributed by atoms with Gasteiger partial charge in [-0.1, -0.05) is 0 Å². The van der Waals surface area contributed by atoms with Gasteiger partial charge in [-0.05, 0) is 61.4 Å². The first kappa shape index (κ1) is 21.9. The van der Waals surface area contributed by atoms with Gasteiger partial charge in [-0.15, -0.1) is 0 Å². The molecule has 3 aromatic rings. The largest absolute Gasteiger partial charge is 0.306 e. The van der Waals surface area contributed by atoms with Crippen molar-refractivity contribution in [3.63, 3.8) is 0 Å². The number of halogens is 1. The summed E-state index contributed by atoms with van der Waals surface area (Å²) in [6.07, 6.45) is 1.69. The lowest BCUT2D eigenvalue weighted by Gasteiger charge is -2.15. The molecule has 0 bridgehead atoms. The summed E-state index contributed by atoms with van der Waals surface area (Å²) < 4.78 is 53.8. The first-order chi connectivity index (χ1) is 15.8. The van der Waals surface area contributed by atoms with Crippen LogP contribution in [0.5, 0.6) is 0 Å². The van der Waals surface area contributed by atoms with E-state index >= 15 is 0 Å². The highest BCUT2D eigenvalue weighted by Crippen LogP contribution is 2.32. The predicted molar refractivity (Wildman–Crippen MR) is 121 cm³/mol. The molecular weight excluding hydrogens is 467 g/mol. The Morgan fingerprint density at radius 1 is 1.00 bits per heavy atom. The van der Waals surface area contributed by atoms with Crippen molar-refractivity contribution in [2.75, 3.05) is 18.4 Å². The summed E-state index contributed by atoms with van der Waals surface area (Å²) in [6, 6.07) is 11.5. The van der Waals surface area contributed by atoms with Crippen molar-refractivity contribution in [2.45, 2.75) is 29.2 Å². The van der Waals surface area contributed by atoms with E-state index in [4.69, 9.17) is 0 Å². The first-order valence-corrected chi connectivity index (χ1v) is 13.4. The quantitative estimate of drug-likeness (QED) is 0.595. The summed E-state index contributed by atoms with van der Waals surface area (Å²) >= 11 is 0. The highest BCUT2D eigenvalue weighted by molar-refractivity contribution is 7.89. The summed E-state index contributed by atoms with van der Waals surface area (Å²) in [4.78, 5) is 13.1. The summed E-state index contributed by atoms with van der Waals surface area (Å²) in [5.41, 5.74) is 2.13. The van der Waals surface area contributed by atoms with E-state index in [1.54, 1.807) is 12.1 Å². The number of benzene rings is 2. The van der Waals surface area contributed by atoms with E-state index in [-0.39, 0.29) is 22.0 Å². The predicted octanol–water partition coefficient (Wildman–Crippen LogP) is 2.81. The van der Waals surface area contributed by atoms with E-state index in [0.29, 0.717) is 35.9 Å². The number of hydrogen-bond acceptors (Lipinski definition) is 5. The number of hydrogen-bond donors (Lipinski definition) is 1. The molecule has 33 heavy (non-hydrogen) atoms. The molecule has 5 rings (SSSR count). The number of sulfonamides is 1. The van der Waals surface area contributed by atoms with Crippen LogP contribution in [0.3, 0.4) is 0 Å². The summed E-state index contributed by atoms with van der Waals surface area (Å²) in [5.74, 6) is 0.0772. The third kappa shape index (κ3) is 4.11. The second-order valence-corrected chi connectivity index (χ2v) is 11.4. The molecule has 1 aromatic heterocycles. The molecule has 1 atom stereocenters. The van der Waals surface area contributed by atoms with E-state index in [0.717, 1.165) is 12.8 Å². The van der Waals surface area contributed by atoms with Crippen molar-refractivity contribution < 1.29 is 21.8 Å². The van der Waals surface area contributed by atoms with Gasteiger partial charge in [0.2, 0.25) is 10.0 Å². The standard InChI is InChI=1S/C22H21FN4O4S2/c23-16-5-7-17(8-6-16)27-21(19-13-32(29)14-20(19)25-27)24-22(28)15-3-9-18(10-4-15)33(30,31)26-11-1-2-12-26/h3-10H,1-2,11-14H2,(H,24,28)/t32-/m1/s1. The molecule has 2 aromatic carbocycles. The van der Waals surface area contributed by atoms with Gasteiger partial charge in [0.25, 0.3) is 5.91 Å². The number of rotatable bonds is 5. The topological polar surface area (TPSA) is 101 Å². The van der Waals surface area contributed by atoms with Crippen LogP contribution in [-0.2, 0) is 32.3 Å². The molecule has 2 aliphatic rings. The van der Waals surface area contributed by atoms with Crippen molar-refractivity contribution in [3.05, 3.63) is 71.2 Å². The van der Waals surface area contributed by atoms with Crippen LogP contribution in [0.15, 0.2) is 53.4 Å². The Bertz CT molecular complexity index is 1350. The van der Waals surface area contributed by atoms with E-state index < -0.39 is 32.5 Å². The van der Waals surface area contributed by atoms with E-state index in [2.05, 4.69) is 10.4 Å². The maximum Gasteiger partial charge on any atom is 0.256 e. The fourth-order valence-corrected chi connectivity index (χ4v) is 6.84. The van der Waals surface area contributed by atoms with Crippen LogP contribution in [0.25, 0.3) is 5.69 Å². The zero-order valence-corrected chi connectivity index (χ0v) is 19.2. The molecule has 0 radical (unpaired) electrons. The molecule has 0 unspecified atom stereocenters. The van der Waals surface area contributed by atoms with Gasteiger partial charge >= 0.3 is 0 Å². The molecule has 172 valence electrons. The molecule has 3 heterocycles. The van der Waals surface area contributed by atoms with E-state index in [9.17, 15) is 21.8 Å². The summed E-state index contributed by atoms with van der Waals surface area (Å²) in [7, 11) is -4.67. The molecular formula is C22H21FN4O4S2. The Morgan fingerprint density at radius 2 is 1.67 bits per heavy atom. The fraction of sp³-hybridized carbons (Fsp3) is 0.273. The van der Waals surface area contributed by atoms with Crippen molar-refractivity contribution in [1.29, 1.82) is 0 Å². The zero-order chi connectivity index (χ0) is 23.2. The molecule has 1 N–H and O–H groups in total. The van der Waals surface area contributed by atoms with Crippen LogP contribution >= 0.6 is 0 Å². The minimum Gasteiger partial charge on any atom is -0.306 e. The van der Waals surface area contributed by atoms with E-state index in [1.165, 1.54) is 45.4 Å². The third-order valence-electron chi connectivity index (χ3n) is 5.79. The van der Waals surface area contributed by atoms with Gasteiger partial charge in [-0.25, -0.2) is 17.5 Å². The maximum atomic E-state index is 13.4. The van der Waals surface area contributed by atoms with Crippen LogP contribution in [0.1, 0.15) is 34.5 Å². The van der Waals surface area contributed by atoms with Crippen molar-refractivity contribution >= 4 is 32.5 Å². The van der Waals surface area contributed by atoms with Gasteiger partial charge in [0, 0.05) is 35.0 Å². The molecule has 2 aliphatic heterocycles. The number of nitrogens with one attached hydrogen (secondary N) is 1. The second kappa shape index (κ2) is 8.47. The molecule has 11 heteroatoms. The number of aromatic nitrogens is 2. The Hall–Kier alpha value is -2.89. The first-order valence-electron chi connectivity index (χ1n) is 10.5. The Balaban J connectivity index is 1.43. The average molecular weight is 489 g/mol. The van der Waals surface area contributed by atoms with Gasteiger partial charge in [0.1, 0.15) is 11.6 Å². The smallest absolute Gasteiger partial charge is 0.256 e. The van der Waals surface area contributed by atoms with Gasteiger partial charge in [0.05, 0.1) is 27.8 Å². The highest BCUT2D eigenvalue weighted by Gasteiger charge is 2.29. The Kier molecular flexibility index (Phi) is 5.63. The van der Waals surface area contributed by atoms with Crippen molar-refractivity contribution in [1.82, 2.24) is 14.1 Å². The van der Waals surface area contributed by atoms with Crippen LogP contribution in [0, 0.1) is 5.82 Å². The van der Waals surface area contributed by atoms with Gasteiger partial charge in [0.15, 0.2) is 0 Å². The summed E-state index contributed by atoms with van der Waals surface area (Å²) in [6.45, 7) is 1.01. The lowest BCUT2D eigenvalue weighted by molar-refractivity contribution is 0.102. The normalized spacial score (nSPS) is 18.4. The van der Waals surface area contributed by atoms with E-state index in [1.807, 2.05) is 0 Å². The highest BCUT2D eigenvalue weighted by atomic mass is 32.2. The monoisotopic (exact) mass is 488 g/mol. The number of carbonyl (C=O) groups is 1. The van der Waals surface area contributed by atoms with Gasteiger partial charge < -0.3 is 5.32 Å². The lowest BCUT2D eigenvalue weighted by Crippen LogP contribution is -2.27. The van der Waals surface area contributed by atoms with Crippen LogP contribution < -0.4 is 5.32 Å². The number of fused-ring (bicyclic) bond motifs is 1. The Labute approximate surface area is 192 Å². The maximum absolute atomic E-state index is 13.4. The van der Waals surface area contributed by atoms with Gasteiger partial charge in [-0.3, -0.25) is 9.00 Å². The van der Waals surface area contributed by atoms with Crippen LogP contribution in [-0.4, -0.2) is 45.7 Å².